The highest BCUT2D eigenvalue weighted by Gasteiger charge is 2.14. The van der Waals surface area contributed by atoms with Crippen LogP contribution in [0.2, 0.25) is 0 Å². The molecule has 0 saturated carbocycles. The van der Waals surface area contributed by atoms with Gasteiger partial charge in [-0.1, -0.05) is 5.16 Å². The summed E-state index contributed by atoms with van der Waals surface area (Å²) in [6.45, 7) is 2.20. The minimum atomic E-state index is -0.353. The van der Waals surface area contributed by atoms with Crippen molar-refractivity contribution in [3.05, 3.63) is 41.4 Å². The van der Waals surface area contributed by atoms with Gasteiger partial charge in [0.1, 0.15) is 18.1 Å². The fourth-order valence-corrected chi connectivity index (χ4v) is 1.94. The third kappa shape index (κ3) is 3.46. The Labute approximate surface area is 131 Å². The normalized spacial score (nSPS) is 10.9. The molecule has 0 saturated heterocycles. The lowest BCUT2D eigenvalue weighted by Gasteiger charge is -1.97. The first-order valence-electron chi connectivity index (χ1n) is 6.86. The van der Waals surface area contributed by atoms with Crippen molar-refractivity contribution in [2.75, 3.05) is 7.11 Å². The quantitative estimate of drug-likeness (QED) is 0.706. The van der Waals surface area contributed by atoms with E-state index in [4.69, 9.17) is 13.7 Å². The number of ether oxygens (including phenoxy) is 1. The van der Waals surface area contributed by atoms with Gasteiger partial charge in [0.2, 0.25) is 0 Å². The van der Waals surface area contributed by atoms with Crippen molar-refractivity contribution in [3.8, 4) is 11.5 Å². The van der Waals surface area contributed by atoms with E-state index >= 15 is 0 Å². The molecule has 0 spiro atoms. The van der Waals surface area contributed by atoms with Crippen LogP contribution in [0.3, 0.4) is 0 Å². The number of carbonyl (C=O) groups excluding carboxylic acids is 1. The van der Waals surface area contributed by atoms with Crippen molar-refractivity contribution in [1.29, 1.82) is 0 Å². The highest BCUT2D eigenvalue weighted by molar-refractivity contribution is 5.93. The minimum absolute atomic E-state index is 0.133. The van der Waals surface area contributed by atoms with Crippen LogP contribution < -0.4 is 5.32 Å². The highest BCUT2D eigenvalue weighted by atomic mass is 16.5. The number of aryl methyl sites for hydroxylation is 1. The Hall–Kier alpha value is -2.94. The van der Waals surface area contributed by atoms with Crippen molar-refractivity contribution < 1.29 is 18.5 Å². The first-order valence-corrected chi connectivity index (χ1v) is 6.86. The molecule has 0 aliphatic carbocycles. The molecule has 0 fully saturated rings. The molecule has 120 valence electrons. The molecule has 0 atom stereocenters. The summed E-state index contributed by atoms with van der Waals surface area (Å²) < 4.78 is 15.3. The highest BCUT2D eigenvalue weighted by Crippen LogP contribution is 2.20. The summed E-state index contributed by atoms with van der Waals surface area (Å²) in [4.78, 5) is 16.1. The van der Waals surface area contributed by atoms with Gasteiger partial charge < -0.3 is 19.0 Å². The molecule has 3 rings (SSSR count). The minimum Gasteiger partial charge on any atom is -0.460 e. The fourth-order valence-electron chi connectivity index (χ4n) is 1.94. The first kappa shape index (κ1) is 15.0. The van der Waals surface area contributed by atoms with Crippen LogP contribution in [0.5, 0.6) is 0 Å². The molecule has 0 aliphatic rings. The summed E-state index contributed by atoms with van der Waals surface area (Å²) in [7, 11) is 1.53. The molecule has 9 nitrogen and oxygen atoms in total. The largest absolute Gasteiger partial charge is 0.460 e. The number of aromatic nitrogens is 4. The van der Waals surface area contributed by atoms with Gasteiger partial charge >= 0.3 is 0 Å². The molecule has 2 N–H and O–H groups in total. The topological polar surface area (TPSA) is 119 Å². The lowest BCUT2D eigenvalue weighted by atomic mass is 10.3. The Kier molecular flexibility index (Phi) is 4.20. The van der Waals surface area contributed by atoms with Gasteiger partial charge in [0.05, 0.1) is 6.54 Å². The number of hydrogen-bond donors (Lipinski definition) is 2. The number of amides is 1. The molecule has 1 amide bonds. The van der Waals surface area contributed by atoms with Gasteiger partial charge in [0.15, 0.2) is 17.3 Å². The number of aromatic amines is 1. The summed E-state index contributed by atoms with van der Waals surface area (Å²) in [6, 6.07) is 5.26. The first-order chi connectivity index (χ1) is 11.2. The molecule has 3 aromatic heterocycles. The van der Waals surface area contributed by atoms with E-state index in [0.29, 0.717) is 23.2 Å². The SMILES string of the molecule is COCc1nc(CNC(=O)c2cc(-c3ccc(C)o3)[nH]n2)no1. The van der Waals surface area contributed by atoms with E-state index in [1.807, 2.05) is 13.0 Å². The van der Waals surface area contributed by atoms with E-state index in [2.05, 4.69) is 25.7 Å². The molecular formula is C14H15N5O4. The average Bonchev–Trinajstić information content (AvgIpc) is 3.25. The van der Waals surface area contributed by atoms with Crippen LogP contribution in [0.25, 0.3) is 11.5 Å². The molecule has 0 bridgehead atoms. The Morgan fingerprint density at radius 2 is 2.30 bits per heavy atom. The number of hydrogen-bond acceptors (Lipinski definition) is 7. The Morgan fingerprint density at radius 3 is 3.04 bits per heavy atom. The zero-order chi connectivity index (χ0) is 16.2. The van der Waals surface area contributed by atoms with Crippen LogP contribution in [0.4, 0.5) is 0 Å². The molecule has 3 aromatic rings. The summed E-state index contributed by atoms with van der Waals surface area (Å²) in [5.74, 6) is 1.77. The number of H-pyrrole nitrogens is 1. The average molecular weight is 317 g/mol. The van der Waals surface area contributed by atoms with Gasteiger partial charge in [0, 0.05) is 13.2 Å². The summed E-state index contributed by atoms with van der Waals surface area (Å²) >= 11 is 0. The van der Waals surface area contributed by atoms with Crippen LogP contribution in [-0.2, 0) is 17.9 Å². The molecule has 3 heterocycles. The molecule has 9 heteroatoms. The molecular weight excluding hydrogens is 302 g/mol. The molecule has 0 aromatic carbocycles. The standard InChI is InChI=1S/C14H15N5O4/c1-8-3-4-11(22-8)9-5-10(18-17-9)14(20)15-6-12-16-13(7-21-2)23-19-12/h3-5H,6-7H2,1-2H3,(H,15,20)(H,17,18). The maximum atomic E-state index is 12.1. The fraction of sp³-hybridized carbons (Fsp3) is 0.286. The van der Waals surface area contributed by atoms with Crippen LogP contribution in [-0.4, -0.2) is 33.4 Å². The number of carbonyl (C=O) groups is 1. The number of rotatable bonds is 6. The van der Waals surface area contributed by atoms with Gasteiger partial charge in [-0.3, -0.25) is 9.89 Å². The monoisotopic (exact) mass is 317 g/mol. The van der Waals surface area contributed by atoms with E-state index in [1.165, 1.54) is 7.11 Å². The lowest BCUT2D eigenvalue weighted by Crippen LogP contribution is -2.23. The second-order valence-electron chi connectivity index (χ2n) is 4.80. The number of methoxy groups -OCH3 is 1. The summed E-state index contributed by atoms with van der Waals surface area (Å²) in [6.07, 6.45) is 0. The van der Waals surface area contributed by atoms with Crippen LogP contribution in [0.1, 0.15) is 28.0 Å². The lowest BCUT2D eigenvalue weighted by molar-refractivity contribution is 0.0944. The van der Waals surface area contributed by atoms with Gasteiger partial charge in [-0.2, -0.15) is 10.1 Å². The predicted octanol–water partition coefficient (Wildman–Crippen LogP) is 1.44. The van der Waals surface area contributed by atoms with Crippen LogP contribution in [0.15, 0.2) is 27.1 Å². The van der Waals surface area contributed by atoms with Crippen molar-refractivity contribution in [1.82, 2.24) is 25.7 Å². The predicted molar refractivity (Wildman–Crippen MR) is 77.2 cm³/mol. The number of furan rings is 1. The Morgan fingerprint density at radius 1 is 1.43 bits per heavy atom. The van der Waals surface area contributed by atoms with E-state index in [1.54, 1.807) is 12.1 Å². The Bertz CT molecular complexity index is 804. The van der Waals surface area contributed by atoms with Gasteiger partial charge in [-0.25, -0.2) is 0 Å². The second-order valence-corrected chi connectivity index (χ2v) is 4.80. The zero-order valence-electron chi connectivity index (χ0n) is 12.6. The van der Waals surface area contributed by atoms with Gasteiger partial charge in [0.25, 0.3) is 11.8 Å². The van der Waals surface area contributed by atoms with Crippen molar-refractivity contribution in [3.63, 3.8) is 0 Å². The molecule has 23 heavy (non-hydrogen) atoms. The molecule has 0 unspecified atom stereocenters. The van der Waals surface area contributed by atoms with Crippen molar-refractivity contribution in [2.24, 2.45) is 0 Å². The maximum Gasteiger partial charge on any atom is 0.272 e. The van der Waals surface area contributed by atoms with Crippen molar-refractivity contribution in [2.45, 2.75) is 20.1 Å². The Balaban J connectivity index is 1.61. The zero-order valence-corrected chi connectivity index (χ0v) is 12.6. The third-order valence-corrected chi connectivity index (χ3v) is 3.00. The van der Waals surface area contributed by atoms with Gasteiger partial charge in [-0.05, 0) is 19.1 Å². The van der Waals surface area contributed by atoms with Crippen LogP contribution >= 0.6 is 0 Å². The number of nitrogens with one attached hydrogen (secondary N) is 2. The summed E-state index contributed by atoms with van der Waals surface area (Å²) in [5, 5.41) is 13.1. The summed E-state index contributed by atoms with van der Waals surface area (Å²) in [5.41, 5.74) is 0.875. The van der Waals surface area contributed by atoms with E-state index < -0.39 is 0 Å². The van der Waals surface area contributed by atoms with E-state index in [9.17, 15) is 4.79 Å². The smallest absolute Gasteiger partial charge is 0.272 e. The third-order valence-electron chi connectivity index (χ3n) is 3.00. The van der Waals surface area contributed by atoms with Crippen molar-refractivity contribution >= 4 is 5.91 Å². The van der Waals surface area contributed by atoms with Crippen LogP contribution in [0, 0.1) is 6.92 Å². The molecule has 0 aliphatic heterocycles. The second kappa shape index (κ2) is 6.44. The van der Waals surface area contributed by atoms with E-state index in [0.717, 1.165) is 5.76 Å². The van der Waals surface area contributed by atoms with Gasteiger partial charge in [-0.15, -0.1) is 0 Å². The number of nitrogens with zero attached hydrogens (tertiary/aromatic N) is 3. The van der Waals surface area contributed by atoms with E-state index in [-0.39, 0.29) is 24.8 Å². The maximum absolute atomic E-state index is 12.1. The molecule has 0 radical (unpaired) electrons.